The summed E-state index contributed by atoms with van der Waals surface area (Å²) in [4.78, 5) is 0. The van der Waals surface area contributed by atoms with Crippen LogP contribution in [0.4, 0.5) is 15.8 Å². The van der Waals surface area contributed by atoms with Gasteiger partial charge in [-0.1, -0.05) is 6.07 Å². The average molecular weight is 260 g/mol. The standard InChI is InChI=1S/C14H13FN2O2/c15-11-5-9(7-16)1-3-12(11)17-10-2-4-13-14(6-10)19-8-18-13/h1-6,17H,7-8,16H2. The Morgan fingerprint density at radius 1 is 1.11 bits per heavy atom. The number of ether oxygens (including phenoxy) is 2. The molecule has 0 spiro atoms. The number of hydrogen-bond donors (Lipinski definition) is 2. The van der Waals surface area contributed by atoms with Gasteiger partial charge in [-0.05, 0) is 29.8 Å². The van der Waals surface area contributed by atoms with Crippen LogP contribution in [0.1, 0.15) is 5.56 Å². The highest BCUT2D eigenvalue weighted by Crippen LogP contribution is 2.35. The Morgan fingerprint density at radius 2 is 1.95 bits per heavy atom. The fourth-order valence-corrected chi connectivity index (χ4v) is 1.92. The zero-order valence-corrected chi connectivity index (χ0v) is 10.2. The lowest BCUT2D eigenvalue weighted by Crippen LogP contribution is -1.99. The van der Waals surface area contributed by atoms with E-state index >= 15 is 0 Å². The van der Waals surface area contributed by atoms with Gasteiger partial charge in [0.05, 0.1) is 5.69 Å². The lowest BCUT2D eigenvalue weighted by Gasteiger charge is -2.09. The van der Waals surface area contributed by atoms with Crippen molar-refractivity contribution in [2.75, 3.05) is 12.1 Å². The molecule has 19 heavy (non-hydrogen) atoms. The lowest BCUT2D eigenvalue weighted by molar-refractivity contribution is 0.174. The Bertz CT molecular complexity index is 616. The van der Waals surface area contributed by atoms with Crippen LogP contribution >= 0.6 is 0 Å². The summed E-state index contributed by atoms with van der Waals surface area (Å²) < 4.78 is 24.3. The number of benzene rings is 2. The summed E-state index contributed by atoms with van der Waals surface area (Å²) in [5.41, 5.74) is 7.36. The highest BCUT2D eigenvalue weighted by atomic mass is 19.1. The summed E-state index contributed by atoms with van der Waals surface area (Å²) in [5, 5.41) is 3.00. The van der Waals surface area contributed by atoms with Crippen LogP contribution in [0.25, 0.3) is 0 Å². The fourth-order valence-electron chi connectivity index (χ4n) is 1.92. The van der Waals surface area contributed by atoms with Crippen molar-refractivity contribution in [1.29, 1.82) is 0 Å². The van der Waals surface area contributed by atoms with Crippen molar-refractivity contribution in [3.8, 4) is 11.5 Å². The van der Waals surface area contributed by atoms with E-state index in [-0.39, 0.29) is 12.6 Å². The van der Waals surface area contributed by atoms with E-state index in [1.807, 2.05) is 6.07 Å². The number of anilines is 2. The second kappa shape index (κ2) is 4.78. The second-order valence-electron chi connectivity index (χ2n) is 4.21. The van der Waals surface area contributed by atoms with E-state index in [4.69, 9.17) is 15.2 Å². The summed E-state index contributed by atoms with van der Waals surface area (Å²) in [6.45, 7) is 0.541. The maximum atomic E-state index is 13.8. The van der Waals surface area contributed by atoms with Crippen molar-refractivity contribution in [2.45, 2.75) is 6.54 Å². The van der Waals surface area contributed by atoms with Gasteiger partial charge < -0.3 is 20.5 Å². The van der Waals surface area contributed by atoms with Crippen molar-refractivity contribution in [3.05, 3.63) is 47.8 Å². The zero-order chi connectivity index (χ0) is 13.2. The summed E-state index contributed by atoms with van der Waals surface area (Å²) in [6.07, 6.45) is 0. The van der Waals surface area contributed by atoms with E-state index in [0.717, 1.165) is 11.3 Å². The summed E-state index contributed by atoms with van der Waals surface area (Å²) >= 11 is 0. The topological polar surface area (TPSA) is 56.5 Å². The van der Waals surface area contributed by atoms with Gasteiger partial charge in [0.2, 0.25) is 6.79 Å². The molecule has 1 heterocycles. The third-order valence-corrected chi connectivity index (χ3v) is 2.92. The van der Waals surface area contributed by atoms with Crippen LogP contribution in [0.2, 0.25) is 0 Å². The molecule has 3 rings (SSSR count). The molecular weight excluding hydrogens is 247 g/mol. The van der Waals surface area contributed by atoms with Crippen LogP contribution in [-0.4, -0.2) is 6.79 Å². The van der Waals surface area contributed by atoms with E-state index in [0.29, 0.717) is 23.7 Å². The van der Waals surface area contributed by atoms with Gasteiger partial charge in [0.25, 0.3) is 0 Å². The number of halogens is 1. The molecule has 0 saturated carbocycles. The Kier molecular flexibility index (Phi) is 2.97. The molecule has 3 N–H and O–H groups in total. The number of fused-ring (bicyclic) bond motifs is 1. The molecule has 0 amide bonds. The molecule has 0 bridgehead atoms. The molecule has 0 unspecified atom stereocenters. The third-order valence-electron chi connectivity index (χ3n) is 2.92. The number of rotatable bonds is 3. The molecule has 0 atom stereocenters. The predicted molar refractivity (Wildman–Crippen MR) is 70.1 cm³/mol. The molecule has 1 aliphatic heterocycles. The van der Waals surface area contributed by atoms with E-state index in [1.54, 1.807) is 24.3 Å². The fraction of sp³-hybridized carbons (Fsp3) is 0.143. The molecular formula is C14H13FN2O2. The first kappa shape index (κ1) is 11.8. The Hall–Kier alpha value is -2.27. The van der Waals surface area contributed by atoms with Gasteiger partial charge >= 0.3 is 0 Å². The molecule has 2 aromatic rings. The first-order chi connectivity index (χ1) is 9.26. The van der Waals surface area contributed by atoms with Crippen molar-refractivity contribution < 1.29 is 13.9 Å². The number of nitrogens with one attached hydrogen (secondary N) is 1. The van der Waals surface area contributed by atoms with E-state index in [1.165, 1.54) is 6.07 Å². The molecule has 0 fully saturated rings. The van der Waals surface area contributed by atoms with Crippen LogP contribution in [-0.2, 0) is 6.54 Å². The Morgan fingerprint density at radius 3 is 2.74 bits per heavy atom. The van der Waals surface area contributed by atoms with Crippen molar-refractivity contribution >= 4 is 11.4 Å². The summed E-state index contributed by atoms with van der Waals surface area (Å²) in [5.74, 6) is 1.02. The van der Waals surface area contributed by atoms with Gasteiger partial charge in [0.15, 0.2) is 11.5 Å². The highest BCUT2D eigenvalue weighted by molar-refractivity contribution is 5.64. The molecule has 2 aromatic carbocycles. The van der Waals surface area contributed by atoms with Crippen molar-refractivity contribution in [1.82, 2.24) is 0 Å². The molecule has 0 saturated heterocycles. The van der Waals surface area contributed by atoms with Crippen molar-refractivity contribution in [3.63, 3.8) is 0 Å². The van der Waals surface area contributed by atoms with E-state index in [9.17, 15) is 4.39 Å². The first-order valence-electron chi connectivity index (χ1n) is 5.91. The van der Waals surface area contributed by atoms with Gasteiger partial charge in [-0.3, -0.25) is 0 Å². The van der Waals surface area contributed by atoms with Crippen LogP contribution in [0.15, 0.2) is 36.4 Å². The Balaban J connectivity index is 1.85. The third kappa shape index (κ3) is 2.32. The summed E-state index contributed by atoms with van der Waals surface area (Å²) in [7, 11) is 0. The highest BCUT2D eigenvalue weighted by Gasteiger charge is 2.13. The molecule has 0 aromatic heterocycles. The zero-order valence-electron chi connectivity index (χ0n) is 10.2. The van der Waals surface area contributed by atoms with Crippen LogP contribution < -0.4 is 20.5 Å². The second-order valence-corrected chi connectivity index (χ2v) is 4.21. The van der Waals surface area contributed by atoms with Crippen LogP contribution in [0, 0.1) is 5.82 Å². The van der Waals surface area contributed by atoms with E-state index < -0.39 is 0 Å². The van der Waals surface area contributed by atoms with Crippen LogP contribution in [0.3, 0.4) is 0 Å². The molecule has 4 nitrogen and oxygen atoms in total. The minimum absolute atomic E-state index is 0.221. The minimum atomic E-state index is -0.333. The molecule has 0 aliphatic carbocycles. The Labute approximate surface area is 109 Å². The molecule has 5 heteroatoms. The largest absolute Gasteiger partial charge is 0.454 e. The van der Waals surface area contributed by atoms with Gasteiger partial charge in [-0.15, -0.1) is 0 Å². The first-order valence-corrected chi connectivity index (χ1v) is 5.91. The maximum Gasteiger partial charge on any atom is 0.231 e. The molecule has 1 aliphatic rings. The van der Waals surface area contributed by atoms with Gasteiger partial charge in [0.1, 0.15) is 5.82 Å². The normalized spacial score (nSPS) is 12.5. The van der Waals surface area contributed by atoms with Gasteiger partial charge in [-0.25, -0.2) is 4.39 Å². The molecule has 98 valence electrons. The average Bonchev–Trinajstić information content (AvgIpc) is 2.88. The van der Waals surface area contributed by atoms with E-state index in [2.05, 4.69) is 5.32 Å². The predicted octanol–water partition coefficient (Wildman–Crippen LogP) is 2.76. The summed E-state index contributed by atoms with van der Waals surface area (Å²) in [6, 6.07) is 10.3. The quantitative estimate of drug-likeness (QED) is 0.891. The SMILES string of the molecule is NCc1ccc(Nc2ccc3c(c2)OCO3)c(F)c1. The number of nitrogens with two attached hydrogens (primary N) is 1. The van der Waals surface area contributed by atoms with Crippen LogP contribution in [0.5, 0.6) is 11.5 Å². The number of hydrogen-bond acceptors (Lipinski definition) is 4. The minimum Gasteiger partial charge on any atom is -0.454 e. The monoisotopic (exact) mass is 260 g/mol. The van der Waals surface area contributed by atoms with Gasteiger partial charge in [-0.2, -0.15) is 0 Å². The maximum absolute atomic E-state index is 13.8. The van der Waals surface area contributed by atoms with Gasteiger partial charge in [0, 0.05) is 18.3 Å². The smallest absolute Gasteiger partial charge is 0.231 e. The van der Waals surface area contributed by atoms with Crippen molar-refractivity contribution in [2.24, 2.45) is 5.73 Å². The lowest BCUT2D eigenvalue weighted by atomic mass is 10.2. The molecule has 0 radical (unpaired) electrons.